The molecule has 0 bridgehead atoms. The lowest BCUT2D eigenvalue weighted by Crippen LogP contribution is -2.42. The number of guanidine groups is 1. The van der Waals surface area contributed by atoms with E-state index in [9.17, 15) is 0 Å². The first-order valence-electron chi connectivity index (χ1n) is 25.0. The van der Waals surface area contributed by atoms with Gasteiger partial charge < -0.3 is 56.0 Å². The Morgan fingerprint density at radius 2 is 1.10 bits per heavy atom. The Labute approximate surface area is 420 Å². The van der Waals surface area contributed by atoms with Gasteiger partial charge in [-0.05, 0) is 80.4 Å². The number of likely N-dealkylation sites (N-methyl/N-ethyl adjacent to an activating group) is 3. The largest absolute Gasteiger partial charge is 0.388 e. The Morgan fingerprint density at radius 1 is 0.609 bits per heavy atom. The molecule has 7 aliphatic heterocycles. The van der Waals surface area contributed by atoms with Crippen LogP contribution in [0.1, 0.15) is 84.1 Å². The standard InChI is InChI=1S/C9H16N2.C7H12N2.C7H8N2.C6H14N2.C6H11N.C5H13N3.C5H12N2.C4H8N2.C2H6N2/c1-2-5-9-10-6-4-8-11(9)7-3-1;1-3-7-8-4-2-6-9(7)5-1;8-7(9)6-4-2-1-3-5-6;1-7-3-5-8(2)6-4-7;1-7-5-3-2-4-6-7;1-7(2)5(6)8(3)4;1-5(6-2)7(3)4;1-4-5-2-3-6-4;1-2(3)4/h1-8H2;1-6H2;1-5H,(H3,8,9);3-6H2,1-2H3;2-3H,4-6H2,1H3;6H,1-4H3;1-4H3;2-3H2,1H3,(H,5,6);1H3,(H3,3,4). The third-order valence-corrected chi connectivity index (χ3v) is 11.4. The number of aliphatic imine (C=N–C) groups is 4. The van der Waals surface area contributed by atoms with Gasteiger partial charge in [0.2, 0.25) is 0 Å². The number of hydrogen-bond acceptors (Lipinski definition) is 13. The third-order valence-electron chi connectivity index (χ3n) is 11.4. The van der Waals surface area contributed by atoms with Crippen molar-refractivity contribution in [1.82, 2.24) is 44.5 Å². The van der Waals surface area contributed by atoms with Gasteiger partial charge in [0, 0.05) is 153 Å². The molecule has 0 aromatic heterocycles. The number of hydrogen-bond donors (Lipinski definition) is 6. The van der Waals surface area contributed by atoms with E-state index in [0.29, 0.717) is 5.96 Å². The van der Waals surface area contributed by atoms with Crippen LogP contribution in [-0.4, -0.2) is 242 Å². The fourth-order valence-corrected chi connectivity index (χ4v) is 6.94. The molecule has 394 valence electrons. The van der Waals surface area contributed by atoms with Crippen LogP contribution in [0.2, 0.25) is 0 Å². The molecule has 1 aromatic rings. The van der Waals surface area contributed by atoms with Gasteiger partial charge >= 0.3 is 0 Å². The molecule has 69 heavy (non-hydrogen) atoms. The Hall–Kier alpha value is -5.07. The number of nitrogens with zero attached hydrogens (tertiary/aromatic N) is 12. The second-order valence-corrected chi connectivity index (χ2v) is 18.5. The summed E-state index contributed by atoms with van der Waals surface area (Å²) in [6.45, 7) is 22.0. The number of benzene rings is 1. The second-order valence-electron chi connectivity index (χ2n) is 18.5. The fraction of sp³-hybridized carbons (Fsp3) is 0.706. The zero-order valence-corrected chi connectivity index (χ0v) is 45.8. The zero-order chi connectivity index (χ0) is 52.0. The van der Waals surface area contributed by atoms with Gasteiger partial charge in [0.05, 0.1) is 35.7 Å². The van der Waals surface area contributed by atoms with Gasteiger partial charge in [-0.25, -0.2) is 0 Å². The first-order valence-corrected chi connectivity index (χ1v) is 25.0. The Balaban J connectivity index is 0.000000762. The summed E-state index contributed by atoms with van der Waals surface area (Å²) in [5, 5.41) is 23.6. The van der Waals surface area contributed by atoms with Crippen molar-refractivity contribution >= 4 is 41.0 Å². The van der Waals surface area contributed by atoms with E-state index < -0.39 is 0 Å². The Kier molecular flexibility index (Phi) is 36.8. The monoisotopic (exact) mass is 965 g/mol. The molecule has 0 aliphatic carbocycles. The minimum absolute atomic E-state index is 0.121. The maximum atomic E-state index is 7.25. The van der Waals surface area contributed by atoms with Gasteiger partial charge in [-0.15, -0.1) is 0 Å². The van der Waals surface area contributed by atoms with Crippen LogP contribution in [0.15, 0.2) is 62.5 Å². The number of nitrogens with two attached hydrogens (primary N) is 2. The first-order chi connectivity index (χ1) is 32.8. The summed E-state index contributed by atoms with van der Waals surface area (Å²) in [5.41, 5.74) is 10.7. The van der Waals surface area contributed by atoms with E-state index in [2.05, 4.69) is 83.1 Å². The lowest BCUT2D eigenvalue weighted by Gasteiger charge is -2.28. The minimum Gasteiger partial charge on any atom is -0.388 e. The molecular formula is C51H100N18. The number of nitrogens with one attached hydrogen (secondary N) is 4. The zero-order valence-electron chi connectivity index (χ0n) is 45.8. The highest BCUT2D eigenvalue weighted by Crippen LogP contribution is 2.16. The van der Waals surface area contributed by atoms with Gasteiger partial charge in [-0.2, -0.15) is 0 Å². The van der Waals surface area contributed by atoms with E-state index in [-0.39, 0.29) is 11.7 Å². The van der Waals surface area contributed by atoms with Crippen LogP contribution in [0.5, 0.6) is 0 Å². The smallest absolute Gasteiger partial charge is 0.192 e. The molecule has 0 amide bonds. The Morgan fingerprint density at radius 3 is 1.42 bits per heavy atom. The molecule has 3 fully saturated rings. The summed E-state index contributed by atoms with van der Waals surface area (Å²) < 4.78 is 0. The Bertz CT molecular complexity index is 1640. The highest BCUT2D eigenvalue weighted by molar-refractivity contribution is 5.94. The summed E-state index contributed by atoms with van der Waals surface area (Å²) in [5.74, 6) is 5.71. The average Bonchev–Trinajstić information content (AvgIpc) is 3.97. The van der Waals surface area contributed by atoms with E-state index in [4.69, 9.17) is 27.7 Å². The molecule has 8 rings (SSSR count). The first kappa shape index (κ1) is 63.9. The molecule has 7 heterocycles. The average molecular weight is 965 g/mol. The van der Waals surface area contributed by atoms with Gasteiger partial charge in [0.25, 0.3) is 0 Å². The van der Waals surface area contributed by atoms with Crippen LogP contribution >= 0.6 is 0 Å². The molecule has 0 radical (unpaired) electrons. The maximum Gasteiger partial charge on any atom is 0.192 e. The van der Waals surface area contributed by atoms with Crippen molar-refractivity contribution in [2.24, 2.45) is 31.4 Å². The molecular weight excluding hydrogens is 865 g/mol. The summed E-state index contributed by atoms with van der Waals surface area (Å²) in [4.78, 5) is 34.4. The maximum absolute atomic E-state index is 7.25. The van der Waals surface area contributed by atoms with E-state index in [1.54, 1.807) is 16.8 Å². The van der Waals surface area contributed by atoms with Crippen molar-refractivity contribution in [3.05, 3.63) is 48.0 Å². The van der Waals surface area contributed by atoms with Gasteiger partial charge in [0.15, 0.2) is 5.96 Å². The number of amidine groups is 6. The molecule has 0 spiro atoms. The minimum atomic E-state index is 0.121. The van der Waals surface area contributed by atoms with Crippen LogP contribution in [-0.2, 0) is 0 Å². The molecule has 7 aliphatic rings. The summed E-state index contributed by atoms with van der Waals surface area (Å²) in [7, 11) is 19.6. The van der Waals surface area contributed by atoms with E-state index in [1.807, 2.05) is 91.4 Å². The van der Waals surface area contributed by atoms with Gasteiger partial charge in [0.1, 0.15) is 5.84 Å². The summed E-state index contributed by atoms with van der Waals surface area (Å²) >= 11 is 0. The molecule has 18 nitrogen and oxygen atoms in total. The molecule has 0 atom stereocenters. The molecule has 1 aromatic carbocycles. The lowest BCUT2D eigenvalue weighted by atomic mass is 10.2. The van der Waals surface area contributed by atoms with E-state index >= 15 is 0 Å². The van der Waals surface area contributed by atoms with E-state index in [0.717, 1.165) is 50.0 Å². The second kappa shape index (κ2) is 39.7. The van der Waals surface area contributed by atoms with Crippen LogP contribution in [0.3, 0.4) is 0 Å². The SMILES string of the molecule is C1CCC2=NCCCN2CC1.C1CN=C2CCCN2C1.CC(=N)N.CC1=NCCN1.CN(C)C(=N)N(C)C.CN1CC=CCC1.CN1CCN(C)CC1.CN=C(C)N(C)C.N=C(N)c1ccccc1. The molecule has 0 saturated carbocycles. The van der Waals surface area contributed by atoms with Gasteiger partial charge in [-0.3, -0.25) is 36.2 Å². The topological polar surface area (TPSA) is 211 Å². The highest BCUT2D eigenvalue weighted by atomic mass is 15.3. The molecule has 18 heteroatoms. The fourth-order valence-electron chi connectivity index (χ4n) is 6.94. The predicted molar refractivity (Wildman–Crippen MR) is 300 cm³/mol. The number of nitrogen functional groups attached to an aromatic ring is 1. The summed E-state index contributed by atoms with van der Waals surface area (Å²) in [6.07, 6.45) is 16.1. The normalized spacial score (nSPS) is 18.2. The summed E-state index contributed by atoms with van der Waals surface area (Å²) in [6, 6.07) is 9.23. The number of fused-ring (bicyclic) bond motifs is 2. The third kappa shape index (κ3) is 34.8. The number of piperazine rings is 1. The van der Waals surface area contributed by atoms with Gasteiger partial charge in [-0.1, -0.05) is 48.9 Å². The molecule has 3 saturated heterocycles. The van der Waals surface area contributed by atoms with E-state index in [1.165, 1.54) is 135 Å². The van der Waals surface area contributed by atoms with Crippen LogP contribution in [0.25, 0.3) is 0 Å². The lowest BCUT2D eigenvalue weighted by molar-refractivity contribution is 0.181. The number of rotatable bonds is 1. The molecule has 0 unspecified atom stereocenters. The van der Waals surface area contributed by atoms with Crippen molar-refractivity contribution in [3.8, 4) is 0 Å². The quantitative estimate of drug-likeness (QED) is 0.127. The highest BCUT2D eigenvalue weighted by Gasteiger charge is 2.20. The predicted octanol–water partition coefficient (Wildman–Crippen LogP) is 4.85. The van der Waals surface area contributed by atoms with Crippen molar-refractivity contribution in [3.63, 3.8) is 0 Å². The van der Waals surface area contributed by atoms with Crippen LogP contribution < -0.4 is 16.8 Å². The van der Waals surface area contributed by atoms with Crippen LogP contribution in [0, 0.1) is 16.2 Å². The van der Waals surface area contributed by atoms with Crippen LogP contribution in [0.4, 0.5) is 0 Å². The van der Waals surface area contributed by atoms with Crippen molar-refractivity contribution < 1.29 is 0 Å². The molecule has 8 N–H and O–H groups in total. The van der Waals surface area contributed by atoms with Crippen molar-refractivity contribution in [2.75, 3.05) is 162 Å². The van der Waals surface area contributed by atoms with Crippen molar-refractivity contribution in [1.29, 1.82) is 16.2 Å². The van der Waals surface area contributed by atoms with Crippen molar-refractivity contribution in [2.45, 2.75) is 78.6 Å².